The molecule has 0 rings (SSSR count). The van der Waals surface area contributed by atoms with Gasteiger partial charge in [-0.2, -0.15) is 0 Å². The molecule has 0 amide bonds. The van der Waals surface area contributed by atoms with Crippen molar-refractivity contribution in [1.82, 2.24) is 0 Å². The maximum atomic E-state index is 12.7. The van der Waals surface area contributed by atoms with Crippen LogP contribution in [0.25, 0.3) is 0 Å². The lowest BCUT2D eigenvalue weighted by Crippen LogP contribution is -2.30. The molecule has 0 spiro atoms. The van der Waals surface area contributed by atoms with Crippen LogP contribution in [0.1, 0.15) is 188 Å². The van der Waals surface area contributed by atoms with Gasteiger partial charge >= 0.3 is 17.9 Å². The molecule has 0 N–H and O–H groups in total. The standard InChI is InChI=1S/C53H84O6/c1-4-7-10-13-16-19-21-23-25-26-28-29-31-34-37-40-43-46-52(55)58-49-50(48-57-51(54)45-42-39-36-33-18-15-12-9-6-3)59-53(56)47-44-41-38-35-32-30-27-24-22-20-17-14-11-8-5-2/h9,12,16-20,22-25,28-29,33-34,37,39,42,50H,4-8,10-11,13-15,21,26-27,30-32,35-36,38,40-41,43-49H2,1-3H3/b12-9-,19-16-,20-17-,24-22-,25-23-,29-28-,33-18-,37-34-,42-39-. The first kappa shape index (κ1) is 55.1. The average Bonchev–Trinajstić information content (AvgIpc) is 3.23. The minimum absolute atomic E-state index is 0.119. The van der Waals surface area contributed by atoms with E-state index in [-0.39, 0.29) is 44.4 Å². The summed E-state index contributed by atoms with van der Waals surface area (Å²) >= 11 is 0. The van der Waals surface area contributed by atoms with Gasteiger partial charge in [-0.05, 0) is 96.3 Å². The average molecular weight is 817 g/mol. The predicted octanol–water partition coefficient (Wildman–Crippen LogP) is 15.2. The fraction of sp³-hybridized carbons (Fsp3) is 0.604. The molecule has 1 atom stereocenters. The van der Waals surface area contributed by atoms with Crippen molar-refractivity contribution in [3.05, 3.63) is 109 Å². The minimum atomic E-state index is -0.841. The van der Waals surface area contributed by atoms with Crippen LogP contribution in [-0.4, -0.2) is 37.2 Å². The predicted molar refractivity (Wildman–Crippen MR) is 251 cm³/mol. The Bertz CT molecular complexity index is 1260. The largest absolute Gasteiger partial charge is 0.462 e. The van der Waals surface area contributed by atoms with Crippen molar-refractivity contribution in [2.24, 2.45) is 0 Å². The van der Waals surface area contributed by atoms with E-state index >= 15 is 0 Å². The summed E-state index contributed by atoms with van der Waals surface area (Å²) in [6, 6.07) is 0. The number of hydrogen-bond acceptors (Lipinski definition) is 6. The van der Waals surface area contributed by atoms with Crippen molar-refractivity contribution in [1.29, 1.82) is 0 Å². The first-order valence-corrected chi connectivity index (χ1v) is 23.4. The van der Waals surface area contributed by atoms with Crippen molar-refractivity contribution in [3.63, 3.8) is 0 Å². The number of carbonyl (C=O) groups excluding carboxylic acids is 3. The molecular weight excluding hydrogens is 733 g/mol. The SMILES string of the molecule is CC/C=C\C/C=C\C/C=C\CC(=O)OCC(COC(=O)CCC/C=C\C/C=C\C/C=C\C/C=C\CCCCC)OC(=O)CCCCCCCC/C=C\C=C/CCCCC. The zero-order chi connectivity index (χ0) is 43.0. The molecular formula is C53H84O6. The highest BCUT2D eigenvalue weighted by Crippen LogP contribution is 2.11. The number of ether oxygens (including phenoxy) is 3. The number of carbonyl (C=O) groups is 3. The second-order valence-electron chi connectivity index (χ2n) is 15.0. The molecule has 0 aromatic rings. The Morgan fingerprint density at radius 2 is 0.797 bits per heavy atom. The Morgan fingerprint density at radius 3 is 1.34 bits per heavy atom. The van der Waals surface area contributed by atoms with Crippen LogP contribution in [0.5, 0.6) is 0 Å². The lowest BCUT2D eigenvalue weighted by molar-refractivity contribution is -0.166. The van der Waals surface area contributed by atoms with E-state index in [2.05, 4.69) is 118 Å². The van der Waals surface area contributed by atoms with Crippen LogP contribution < -0.4 is 0 Å². The normalized spacial score (nSPS) is 13.1. The number of allylic oxidation sites excluding steroid dienone is 17. The molecule has 0 aromatic carbocycles. The molecule has 6 nitrogen and oxygen atoms in total. The Hall–Kier alpha value is -3.93. The monoisotopic (exact) mass is 817 g/mol. The van der Waals surface area contributed by atoms with Gasteiger partial charge in [0, 0.05) is 12.8 Å². The molecule has 0 bridgehead atoms. The highest BCUT2D eigenvalue weighted by Gasteiger charge is 2.19. The number of rotatable bonds is 40. The van der Waals surface area contributed by atoms with Crippen LogP contribution in [0.4, 0.5) is 0 Å². The fourth-order valence-electron chi connectivity index (χ4n) is 5.78. The van der Waals surface area contributed by atoms with Gasteiger partial charge in [0.25, 0.3) is 0 Å². The maximum absolute atomic E-state index is 12.7. The molecule has 0 aliphatic heterocycles. The number of unbranched alkanes of at least 4 members (excludes halogenated alkanes) is 13. The second kappa shape index (κ2) is 46.8. The van der Waals surface area contributed by atoms with Gasteiger partial charge in [0.1, 0.15) is 13.2 Å². The molecule has 0 heterocycles. The van der Waals surface area contributed by atoms with E-state index in [0.29, 0.717) is 6.42 Å². The third-order valence-corrected chi connectivity index (χ3v) is 9.29. The van der Waals surface area contributed by atoms with Crippen LogP contribution in [0.3, 0.4) is 0 Å². The third kappa shape index (κ3) is 45.0. The van der Waals surface area contributed by atoms with E-state index in [1.165, 1.54) is 57.8 Å². The van der Waals surface area contributed by atoms with E-state index in [9.17, 15) is 14.4 Å². The van der Waals surface area contributed by atoms with Crippen molar-refractivity contribution < 1.29 is 28.6 Å². The van der Waals surface area contributed by atoms with Gasteiger partial charge in [0.15, 0.2) is 6.10 Å². The zero-order valence-electron chi connectivity index (χ0n) is 37.7. The van der Waals surface area contributed by atoms with Crippen LogP contribution in [-0.2, 0) is 28.6 Å². The fourth-order valence-corrected chi connectivity index (χ4v) is 5.78. The number of hydrogen-bond donors (Lipinski definition) is 0. The van der Waals surface area contributed by atoms with E-state index in [0.717, 1.165) is 83.5 Å². The molecule has 0 saturated heterocycles. The molecule has 0 radical (unpaired) electrons. The molecule has 0 aliphatic carbocycles. The quantitative estimate of drug-likeness (QED) is 0.0201. The summed E-state index contributed by atoms with van der Waals surface area (Å²) in [7, 11) is 0. The molecule has 1 unspecified atom stereocenters. The lowest BCUT2D eigenvalue weighted by Gasteiger charge is -2.18. The third-order valence-electron chi connectivity index (χ3n) is 9.29. The van der Waals surface area contributed by atoms with Gasteiger partial charge in [-0.1, -0.05) is 182 Å². The Balaban J connectivity index is 4.54. The minimum Gasteiger partial charge on any atom is -0.462 e. The van der Waals surface area contributed by atoms with Gasteiger partial charge in [0.2, 0.25) is 0 Å². The van der Waals surface area contributed by atoms with Crippen LogP contribution in [0.15, 0.2) is 109 Å². The summed E-state index contributed by atoms with van der Waals surface area (Å²) in [4.78, 5) is 37.7. The van der Waals surface area contributed by atoms with Crippen molar-refractivity contribution in [2.45, 2.75) is 194 Å². The first-order valence-electron chi connectivity index (χ1n) is 23.4. The van der Waals surface area contributed by atoms with Crippen molar-refractivity contribution in [2.75, 3.05) is 13.2 Å². The van der Waals surface area contributed by atoms with Crippen LogP contribution >= 0.6 is 0 Å². The zero-order valence-corrected chi connectivity index (χ0v) is 37.7. The Kier molecular flexibility index (Phi) is 43.6. The molecule has 0 aromatic heterocycles. The summed E-state index contributed by atoms with van der Waals surface area (Å²) < 4.78 is 16.5. The van der Waals surface area contributed by atoms with E-state index < -0.39 is 12.1 Å². The molecule has 0 fully saturated rings. The number of esters is 3. The summed E-state index contributed by atoms with van der Waals surface area (Å²) in [5.74, 6) is -1.14. The van der Waals surface area contributed by atoms with Crippen LogP contribution in [0.2, 0.25) is 0 Å². The molecule has 6 heteroatoms. The summed E-state index contributed by atoms with van der Waals surface area (Å²) in [5, 5.41) is 0. The molecule has 59 heavy (non-hydrogen) atoms. The van der Waals surface area contributed by atoms with E-state index in [1.807, 2.05) is 6.08 Å². The van der Waals surface area contributed by atoms with Gasteiger partial charge in [-0.3, -0.25) is 14.4 Å². The van der Waals surface area contributed by atoms with Gasteiger partial charge < -0.3 is 14.2 Å². The Labute approximate surface area is 361 Å². The summed E-state index contributed by atoms with van der Waals surface area (Å²) in [6.07, 6.45) is 62.5. The highest BCUT2D eigenvalue weighted by molar-refractivity contribution is 5.72. The van der Waals surface area contributed by atoms with Crippen molar-refractivity contribution in [3.8, 4) is 0 Å². The highest BCUT2D eigenvalue weighted by atomic mass is 16.6. The second-order valence-corrected chi connectivity index (χ2v) is 15.0. The van der Waals surface area contributed by atoms with Gasteiger partial charge in [-0.25, -0.2) is 0 Å². The van der Waals surface area contributed by atoms with Crippen molar-refractivity contribution >= 4 is 17.9 Å². The first-order chi connectivity index (χ1) is 29.0. The van der Waals surface area contributed by atoms with Gasteiger partial charge in [0.05, 0.1) is 6.42 Å². The Morgan fingerprint density at radius 1 is 0.390 bits per heavy atom. The topological polar surface area (TPSA) is 78.9 Å². The molecule has 0 aliphatic rings. The maximum Gasteiger partial charge on any atom is 0.309 e. The van der Waals surface area contributed by atoms with E-state index in [1.54, 1.807) is 6.08 Å². The molecule has 332 valence electrons. The summed E-state index contributed by atoms with van der Waals surface area (Å²) in [6.45, 7) is 6.27. The smallest absolute Gasteiger partial charge is 0.309 e. The summed E-state index contributed by atoms with van der Waals surface area (Å²) in [5.41, 5.74) is 0. The molecule has 0 saturated carbocycles. The lowest BCUT2D eigenvalue weighted by atomic mass is 10.1. The van der Waals surface area contributed by atoms with E-state index in [4.69, 9.17) is 14.2 Å². The van der Waals surface area contributed by atoms with Crippen LogP contribution in [0, 0.1) is 0 Å². The van der Waals surface area contributed by atoms with Gasteiger partial charge in [-0.15, -0.1) is 0 Å².